The average molecular weight is 215 g/mol. The largest absolute Gasteiger partial charge is 0.508 e. The predicted octanol–water partition coefficient (Wildman–Crippen LogP) is 3.70. The SMILES string of the molecule is C=C(C)CC1=C(C)N=C2C=CC(O)=CCC21. The first-order chi connectivity index (χ1) is 7.58. The Kier molecular flexibility index (Phi) is 2.82. The lowest BCUT2D eigenvalue weighted by Crippen LogP contribution is -2.10. The van der Waals surface area contributed by atoms with Gasteiger partial charge >= 0.3 is 0 Å². The molecule has 2 aliphatic rings. The van der Waals surface area contributed by atoms with Gasteiger partial charge in [-0.2, -0.15) is 0 Å². The van der Waals surface area contributed by atoms with Crippen LogP contribution in [-0.4, -0.2) is 10.8 Å². The van der Waals surface area contributed by atoms with Crippen LogP contribution in [0.1, 0.15) is 26.7 Å². The molecule has 0 fully saturated rings. The number of hydrogen-bond donors (Lipinski definition) is 1. The Morgan fingerprint density at radius 1 is 1.56 bits per heavy atom. The first kappa shape index (κ1) is 10.9. The van der Waals surface area contributed by atoms with Gasteiger partial charge in [-0.05, 0) is 50.5 Å². The molecule has 0 saturated carbocycles. The fourth-order valence-electron chi connectivity index (χ4n) is 2.24. The van der Waals surface area contributed by atoms with Gasteiger partial charge in [0.05, 0.1) is 0 Å². The molecule has 0 aromatic rings. The molecule has 0 radical (unpaired) electrons. The highest BCUT2D eigenvalue weighted by Gasteiger charge is 2.26. The molecule has 0 bridgehead atoms. The maximum Gasteiger partial charge on any atom is 0.111 e. The van der Waals surface area contributed by atoms with Crippen molar-refractivity contribution in [2.75, 3.05) is 0 Å². The van der Waals surface area contributed by atoms with Gasteiger partial charge < -0.3 is 5.11 Å². The van der Waals surface area contributed by atoms with Gasteiger partial charge in [0.2, 0.25) is 0 Å². The first-order valence-corrected chi connectivity index (χ1v) is 5.57. The number of aliphatic hydroxyl groups excluding tert-OH is 1. The molecule has 84 valence electrons. The summed E-state index contributed by atoms with van der Waals surface area (Å²) in [6.45, 7) is 8.05. The van der Waals surface area contributed by atoms with Crippen molar-refractivity contribution in [3.63, 3.8) is 0 Å². The highest BCUT2D eigenvalue weighted by Crippen LogP contribution is 2.34. The number of aliphatic hydroxyl groups is 1. The lowest BCUT2D eigenvalue weighted by molar-refractivity contribution is 0.429. The summed E-state index contributed by atoms with van der Waals surface area (Å²) in [5.41, 5.74) is 4.68. The molecule has 0 aromatic heterocycles. The van der Waals surface area contributed by atoms with E-state index in [0.29, 0.717) is 11.7 Å². The second-order valence-electron chi connectivity index (χ2n) is 4.53. The van der Waals surface area contributed by atoms with E-state index in [-0.39, 0.29) is 0 Å². The molecule has 2 rings (SSSR count). The summed E-state index contributed by atoms with van der Waals surface area (Å²) in [4.78, 5) is 4.56. The van der Waals surface area contributed by atoms with Crippen LogP contribution in [-0.2, 0) is 0 Å². The molecule has 1 unspecified atom stereocenters. The van der Waals surface area contributed by atoms with E-state index in [9.17, 15) is 5.11 Å². The number of nitrogens with zero attached hydrogens (tertiary/aromatic N) is 1. The maximum absolute atomic E-state index is 9.46. The van der Waals surface area contributed by atoms with Gasteiger partial charge in [0.15, 0.2) is 0 Å². The number of rotatable bonds is 2. The van der Waals surface area contributed by atoms with Crippen LogP contribution in [0.4, 0.5) is 0 Å². The van der Waals surface area contributed by atoms with Crippen LogP contribution in [0.25, 0.3) is 0 Å². The zero-order valence-electron chi connectivity index (χ0n) is 9.83. The van der Waals surface area contributed by atoms with E-state index in [1.807, 2.05) is 19.1 Å². The van der Waals surface area contributed by atoms with Gasteiger partial charge in [0, 0.05) is 17.3 Å². The third-order valence-electron chi connectivity index (χ3n) is 3.02. The van der Waals surface area contributed by atoms with Crippen LogP contribution in [0.15, 0.2) is 52.4 Å². The van der Waals surface area contributed by atoms with Gasteiger partial charge in [0.25, 0.3) is 0 Å². The second kappa shape index (κ2) is 4.12. The van der Waals surface area contributed by atoms with Crippen molar-refractivity contribution in [3.05, 3.63) is 47.4 Å². The van der Waals surface area contributed by atoms with Crippen molar-refractivity contribution in [1.29, 1.82) is 0 Å². The summed E-state index contributed by atoms with van der Waals surface area (Å²) in [5, 5.41) is 9.46. The fraction of sp³-hybridized carbons (Fsp3) is 0.357. The Labute approximate surface area is 96.4 Å². The van der Waals surface area contributed by atoms with Crippen molar-refractivity contribution in [2.24, 2.45) is 10.9 Å². The van der Waals surface area contributed by atoms with Crippen LogP contribution in [0.2, 0.25) is 0 Å². The smallest absolute Gasteiger partial charge is 0.111 e. The normalized spacial score (nSPS) is 23.8. The molecule has 2 nitrogen and oxygen atoms in total. The summed E-state index contributed by atoms with van der Waals surface area (Å²) in [6, 6.07) is 0. The monoisotopic (exact) mass is 215 g/mol. The van der Waals surface area contributed by atoms with Gasteiger partial charge in [-0.15, -0.1) is 0 Å². The van der Waals surface area contributed by atoms with Gasteiger partial charge in [-0.3, -0.25) is 4.99 Å². The molecular formula is C14H17NO. The van der Waals surface area contributed by atoms with Gasteiger partial charge in [-0.25, -0.2) is 0 Å². The highest BCUT2D eigenvalue weighted by molar-refractivity contribution is 6.02. The molecule has 1 N–H and O–H groups in total. The minimum absolute atomic E-state index is 0.331. The minimum Gasteiger partial charge on any atom is -0.508 e. The van der Waals surface area contributed by atoms with E-state index in [1.54, 1.807) is 6.08 Å². The summed E-state index contributed by atoms with van der Waals surface area (Å²) in [6.07, 6.45) is 7.23. The third kappa shape index (κ3) is 2.01. The van der Waals surface area contributed by atoms with E-state index < -0.39 is 0 Å². The van der Waals surface area contributed by atoms with E-state index in [4.69, 9.17) is 0 Å². The number of fused-ring (bicyclic) bond motifs is 1. The topological polar surface area (TPSA) is 32.6 Å². The van der Waals surface area contributed by atoms with Crippen molar-refractivity contribution >= 4 is 5.71 Å². The Hall–Kier alpha value is -1.57. The van der Waals surface area contributed by atoms with E-state index in [1.165, 1.54) is 5.57 Å². The predicted molar refractivity (Wildman–Crippen MR) is 67.5 cm³/mol. The van der Waals surface area contributed by atoms with Crippen molar-refractivity contribution < 1.29 is 5.11 Å². The van der Waals surface area contributed by atoms with Crippen LogP contribution < -0.4 is 0 Å². The molecule has 0 aromatic carbocycles. The maximum atomic E-state index is 9.46. The van der Waals surface area contributed by atoms with Crippen LogP contribution in [0, 0.1) is 5.92 Å². The third-order valence-corrected chi connectivity index (χ3v) is 3.02. The molecule has 0 amide bonds. The second-order valence-corrected chi connectivity index (χ2v) is 4.53. The van der Waals surface area contributed by atoms with Crippen LogP contribution >= 0.6 is 0 Å². The molecule has 0 spiro atoms. The standard InChI is InChI=1S/C14H17NO/c1-9(2)8-13-10(3)15-14-7-5-11(16)4-6-12(13)14/h4-5,7,12,16H,1,6,8H2,2-3H3. The van der Waals surface area contributed by atoms with Crippen molar-refractivity contribution in [1.82, 2.24) is 0 Å². The van der Waals surface area contributed by atoms with Crippen LogP contribution in [0.3, 0.4) is 0 Å². The fourth-order valence-corrected chi connectivity index (χ4v) is 2.24. The van der Waals surface area contributed by atoms with Crippen molar-refractivity contribution in [3.8, 4) is 0 Å². The van der Waals surface area contributed by atoms with E-state index in [2.05, 4.69) is 18.5 Å². The molecule has 16 heavy (non-hydrogen) atoms. The van der Waals surface area contributed by atoms with Gasteiger partial charge in [0.1, 0.15) is 5.76 Å². The average Bonchev–Trinajstić information content (AvgIpc) is 2.38. The Bertz CT molecular complexity index is 449. The minimum atomic E-state index is 0.331. The van der Waals surface area contributed by atoms with Gasteiger partial charge in [-0.1, -0.05) is 12.2 Å². The Balaban J connectivity index is 2.28. The highest BCUT2D eigenvalue weighted by atomic mass is 16.3. The summed E-state index contributed by atoms with van der Waals surface area (Å²) >= 11 is 0. The molecule has 1 atom stereocenters. The van der Waals surface area contributed by atoms with Crippen molar-refractivity contribution in [2.45, 2.75) is 26.7 Å². The first-order valence-electron chi connectivity index (χ1n) is 5.57. The molecule has 1 heterocycles. The van der Waals surface area contributed by atoms with E-state index >= 15 is 0 Å². The lowest BCUT2D eigenvalue weighted by atomic mass is 9.88. The molecule has 0 saturated heterocycles. The Morgan fingerprint density at radius 2 is 2.31 bits per heavy atom. The summed E-state index contributed by atoms with van der Waals surface area (Å²) in [5.74, 6) is 0.669. The zero-order chi connectivity index (χ0) is 11.7. The van der Waals surface area contributed by atoms with Crippen LogP contribution in [0.5, 0.6) is 0 Å². The van der Waals surface area contributed by atoms with E-state index in [0.717, 1.165) is 29.8 Å². The number of allylic oxidation sites excluding steroid dienone is 6. The number of hydrogen-bond acceptors (Lipinski definition) is 2. The summed E-state index contributed by atoms with van der Waals surface area (Å²) in [7, 11) is 0. The molecule has 2 heteroatoms. The quantitative estimate of drug-likeness (QED) is 0.700. The number of aliphatic imine (C=N–C) groups is 1. The Morgan fingerprint density at radius 3 is 3.00 bits per heavy atom. The molecular weight excluding hydrogens is 198 g/mol. The lowest BCUT2D eigenvalue weighted by Gasteiger charge is -2.13. The molecule has 1 aliphatic heterocycles. The molecule has 1 aliphatic carbocycles. The zero-order valence-corrected chi connectivity index (χ0v) is 9.83. The summed E-state index contributed by atoms with van der Waals surface area (Å²) < 4.78 is 0.